The van der Waals surface area contributed by atoms with E-state index in [1.807, 2.05) is 25.2 Å². The summed E-state index contributed by atoms with van der Waals surface area (Å²) >= 11 is 6.45. The monoisotopic (exact) mass is 305 g/mol. The fourth-order valence-electron chi connectivity index (χ4n) is 1.45. The molecule has 0 bridgehead atoms. The van der Waals surface area contributed by atoms with Crippen LogP contribution < -0.4 is 5.32 Å². The summed E-state index contributed by atoms with van der Waals surface area (Å²) in [7, 11) is 1.84. The molecule has 0 aliphatic rings. The zero-order chi connectivity index (χ0) is 13.6. The fraction of sp³-hybridized carbons (Fsp3) is 0.500. The quantitative estimate of drug-likeness (QED) is 0.597. The molecule has 1 aromatic rings. The van der Waals surface area contributed by atoms with E-state index in [9.17, 15) is 4.89 Å². The summed E-state index contributed by atoms with van der Waals surface area (Å²) in [6, 6.07) is 8.01. The summed E-state index contributed by atoms with van der Waals surface area (Å²) in [4.78, 5) is 11.2. The first-order valence-electron chi connectivity index (χ1n) is 5.86. The Morgan fingerprint density at radius 3 is 2.72 bits per heavy atom. The molecule has 0 saturated carbocycles. The highest BCUT2D eigenvalue weighted by atomic mass is 32.9. The summed E-state index contributed by atoms with van der Waals surface area (Å²) in [6.07, 6.45) is 0. The van der Waals surface area contributed by atoms with Crippen molar-refractivity contribution in [2.45, 2.75) is 24.7 Å². The second-order valence-electron chi connectivity index (χ2n) is 4.19. The molecular formula is C12H20NO2PS2. The smallest absolute Gasteiger partial charge is 0.249 e. The second-order valence-corrected chi connectivity index (χ2v) is 10.2. The van der Waals surface area contributed by atoms with Gasteiger partial charge in [-0.25, -0.2) is 0 Å². The van der Waals surface area contributed by atoms with E-state index in [1.165, 1.54) is 16.9 Å². The van der Waals surface area contributed by atoms with Gasteiger partial charge in [0.05, 0.1) is 6.61 Å². The van der Waals surface area contributed by atoms with Crippen LogP contribution in [-0.2, 0) is 16.3 Å². The molecule has 0 aliphatic heterocycles. The van der Waals surface area contributed by atoms with Crippen molar-refractivity contribution in [1.82, 2.24) is 5.32 Å². The highest BCUT2D eigenvalue weighted by molar-refractivity contribution is 8.67. The summed E-state index contributed by atoms with van der Waals surface area (Å²) in [5, 5.41) is 2.96. The van der Waals surface area contributed by atoms with E-state index in [1.54, 1.807) is 0 Å². The lowest BCUT2D eigenvalue weighted by Gasteiger charge is -2.18. The number of rotatable bonds is 7. The lowest BCUT2D eigenvalue weighted by atomic mass is 10.0. The van der Waals surface area contributed by atoms with Gasteiger partial charge in [0, 0.05) is 11.4 Å². The van der Waals surface area contributed by atoms with Gasteiger partial charge in [0.15, 0.2) is 0 Å². The molecule has 0 heterocycles. The molecule has 3 nitrogen and oxygen atoms in total. The maximum absolute atomic E-state index is 10.1. The normalized spacial score (nSPS) is 14.7. The molecule has 6 heteroatoms. The molecule has 0 aromatic heterocycles. The summed E-state index contributed by atoms with van der Waals surface area (Å²) in [6.45, 7) is 5.37. The number of likely N-dealkylation sites (N-methyl/N-ethyl adjacent to an activating group) is 1. The third-order valence-corrected chi connectivity index (χ3v) is 6.25. The minimum atomic E-state index is -2.80. The lowest BCUT2D eigenvalue weighted by molar-refractivity contribution is 0.320. The topological polar surface area (TPSA) is 41.5 Å². The standard InChI is InChI=1S/C12H20NO2PS2/c1-10(2)11-6-4-5-7-12(11)18-16(14,17)15-9-8-13-3/h4-7,10,13H,8-9H2,1-3H3,(H,14,17). The number of benzene rings is 1. The van der Waals surface area contributed by atoms with E-state index >= 15 is 0 Å². The Bertz CT molecular complexity index is 426. The minimum Gasteiger partial charge on any atom is -0.337 e. The number of hydrogen-bond acceptors (Lipinski definition) is 4. The Morgan fingerprint density at radius 1 is 1.44 bits per heavy atom. The largest absolute Gasteiger partial charge is 0.337 e. The highest BCUT2D eigenvalue weighted by Gasteiger charge is 2.18. The molecule has 0 aliphatic carbocycles. The Labute approximate surface area is 118 Å². The van der Waals surface area contributed by atoms with E-state index in [-0.39, 0.29) is 0 Å². The van der Waals surface area contributed by atoms with Gasteiger partial charge in [-0.3, -0.25) is 0 Å². The van der Waals surface area contributed by atoms with Crippen molar-refractivity contribution >= 4 is 28.9 Å². The SMILES string of the molecule is CNCCOP(O)(=S)Sc1ccccc1C(C)C. The lowest BCUT2D eigenvalue weighted by Crippen LogP contribution is -2.12. The Kier molecular flexibility index (Phi) is 6.85. The maximum Gasteiger partial charge on any atom is 0.249 e. The summed E-state index contributed by atoms with van der Waals surface area (Å²) < 4.78 is 5.39. The molecule has 102 valence electrons. The van der Waals surface area contributed by atoms with Gasteiger partial charge in [0.1, 0.15) is 0 Å². The first-order chi connectivity index (χ1) is 8.46. The van der Waals surface area contributed by atoms with Crippen molar-refractivity contribution in [2.75, 3.05) is 20.2 Å². The molecule has 1 unspecified atom stereocenters. The van der Waals surface area contributed by atoms with Gasteiger partial charge in [0.25, 0.3) is 0 Å². The van der Waals surface area contributed by atoms with Gasteiger partial charge in [0.2, 0.25) is 5.69 Å². The fourth-order valence-corrected chi connectivity index (χ4v) is 5.20. The Hall–Kier alpha value is 0.100. The van der Waals surface area contributed by atoms with Crippen LogP contribution in [0.4, 0.5) is 0 Å². The van der Waals surface area contributed by atoms with Crippen LogP contribution in [0, 0.1) is 0 Å². The van der Waals surface area contributed by atoms with Gasteiger partial charge in [-0.1, -0.05) is 32.0 Å². The van der Waals surface area contributed by atoms with Gasteiger partial charge in [-0.2, -0.15) is 0 Å². The average Bonchev–Trinajstić information content (AvgIpc) is 2.29. The minimum absolute atomic E-state index is 0.404. The molecule has 1 atom stereocenters. The van der Waals surface area contributed by atoms with Crippen LogP contribution in [0.5, 0.6) is 0 Å². The highest BCUT2D eigenvalue weighted by Crippen LogP contribution is 2.60. The van der Waals surface area contributed by atoms with Crippen molar-refractivity contribution in [3.05, 3.63) is 29.8 Å². The van der Waals surface area contributed by atoms with Gasteiger partial charge < -0.3 is 14.7 Å². The van der Waals surface area contributed by atoms with Crippen molar-refractivity contribution in [1.29, 1.82) is 0 Å². The number of nitrogens with one attached hydrogen (secondary N) is 1. The van der Waals surface area contributed by atoms with Crippen LogP contribution in [0.25, 0.3) is 0 Å². The Balaban J connectivity index is 2.74. The van der Waals surface area contributed by atoms with Crippen LogP contribution in [0.3, 0.4) is 0 Å². The molecule has 0 spiro atoms. The molecule has 1 aromatic carbocycles. The van der Waals surface area contributed by atoms with E-state index in [0.29, 0.717) is 19.1 Å². The van der Waals surface area contributed by atoms with Crippen molar-refractivity contribution in [3.63, 3.8) is 0 Å². The third kappa shape index (κ3) is 5.39. The molecule has 2 N–H and O–H groups in total. The van der Waals surface area contributed by atoms with Crippen LogP contribution in [-0.4, -0.2) is 25.1 Å². The molecular weight excluding hydrogens is 285 g/mol. The van der Waals surface area contributed by atoms with Crippen LogP contribution in [0.1, 0.15) is 25.3 Å². The predicted octanol–water partition coefficient (Wildman–Crippen LogP) is 3.35. The Morgan fingerprint density at radius 2 is 2.11 bits per heavy atom. The molecule has 18 heavy (non-hydrogen) atoms. The van der Waals surface area contributed by atoms with Crippen LogP contribution in [0.15, 0.2) is 29.2 Å². The van der Waals surface area contributed by atoms with Crippen molar-refractivity contribution in [3.8, 4) is 0 Å². The molecule has 0 amide bonds. The second kappa shape index (κ2) is 7.63. The molecule has 0 fully saturated rings. The maximum atomic E-state index is 10.1. The van der Waals surface area contributed by atoms with E-state index in [4.69, 9.17) is 16.3 Å². The van der Waals surface area contributed by atoms with Crippen molar-refractivity contribution < 1.29 is 9.42 Å². The van der Waals surface area contributed by atoms with Crippen LogP contribution >= 0.6 is 17.1 Å². The summed E-state index contributed by atoms with van der Waals surface area (Å²) in [5.74, 6) is 0.404. The van der Waals surface area contributed by atoms with Gasteiger partial charge >= 0.3 is 0 Å². The molecule has 0 saturated heterocycles. The molecule has 0 radical (unpaired) electrons. The van der Waals surface area contributed by atoms with E-state index in [2.05, 4.69) is 25.2 Å². The van der Waals surface area contributed by atoms with Gasteiger partial charge in [-0.05, 0) is 47.8 Å². The first kappa shape index (κ1) is 16.2. The zero-order valence-corrected chi connectivity index (χ0v) is 13.4. The van der Waals surface area contributed by atoms with Crippen molar-refractivity contribution in [2.24, 2.45) is 0 Å². The molecule has 1 rings (SSSR count). The van der Waals surface area contributed by atoms with E-state index < -0.39 is 5.69 Å². The first-order valence-corrected chi connectivity index (χ1v) is 9.96. The third-order valence-electron chi connectivity index (χ3n) is 2.36. The predicted molar refractivity (Wildman–Crippen MR) is 82.8 cm³/mol. The zero-order valence-electron chi connectivity index (χ0n) is 10.9. The van der Waals surface area contributed by atoms with E-state index in [0.717, 1.165) is 4.90 Å². The summed E-state index contributed by atoms with van der Waals surface area (Å²) in [5.41, 5.74) is -1.60. The number of hydrogen-bond donors (Lipinski definition) is 2. The van der Waals surface area contributed by atoms with Crippen LogP contribution in [0.2, 0.25) is 0 Å². The average molecular weight is 305 g/mol. The van der Waals surface area contributed by atoms with Gasteiger partial charge in [-0.15, -0.1) is 0 Å².